The van der Waals surface area contributed by atoms with E-state index in [1.165, 1.54) is 11.1 Å². The third-order valence-electron chi connectivity index (χ3n) is 2.94. The molecule has 0 amide bonds. The third-order valence-corrected chi connectivity index (χ3v) is 2.94. The van der Waals surface area contributed by atoms with E-state index in [1.807, 2.05) is 0 Å². The quantitative estimate of drug-likeness (QED) is 0.809. The van der Waals surface area contributed by atoms with Crippen molar-refractivity contribution in [3.05, 3.63) is 35.4 Å². The predicted molar refractivity (Wildman–Crippen MR) is 67.7 cm³/mol. The summed E-state index contributed by atoms with van der Waals surface area (Å²) in [6, 6.07) is 8.39. The first-order valence-corrected chi connectivity index (χ1v) is 5.67. The highest BCUT2D eigenvalue weighted by Gasteiger charge is 2.21. The lowest BCUT2D eigenvalue weighted by Crippen LogP contribution is -2.26. The Morgan fingerprint density at radius 3 is 2.88 bits per heavy atom. The Kier molecular flexibility index (Phi) is 3.04. The van der Waals surface area contributed by atoms with Gasteiger partial charge in [-0.05, 0) is 18.9 Å². The second kappa shape index (κ2) is 4.47. The number of rotatable bonds is 2. The van der Waals surface area contributed by atoms with Crippen molar-refractivity contribution in [1.29, 1.82) is 0 Å². The van der Waals surface area contributed by atoms with Gasteiger partial charge in [-0.3, -0.25) is 0 Å². The van der Waals surface area contributed by atoms with E-state index in [1.54, 1.807) is 0 Å². The van der Waals surface area contributed by atoms with Crippen molar-refractivity contribution in [2.75, 3.05) is 0 Å². The van der Waals surface area contributed by atoms with Crippen molar-refractivity contribution in [2.24, 2.45) is 21.9 Å². The van der Waals surface area contributed by atoms with Gasteiger partial charge in [0.15, 0.2) is 0 Å². The lowest BCUT2D eigenvalue weighted by molar-refractivity contribution is 0.677. The molecule has 1 aliphatic heterocycles. The molecule has 3 nitrogen and oxygen atoms in total. The summed E-state index contributed by atoms with van der Waals surface area (Å²) in [5.74, 6) is 1.04. The number of nitrogens with two attached hydrogens (primary N) is 1. The molecule has 0 saturated heterocycles. The zero-order valence-corrected chi connectivity index (χ0v) is 9.77. The lowest BCUT2D eigenvalue weighted by atomic mass is 9.90. The summed E-state index contributed by atoms with van der Waals surface area (Å²) in [5, 5.41) is 8.25. The molecular formula is C13H17N3. The Morgan fingerprint density at radius 2 is 2.19 bits per heavy atom. The van der Waals surface area contributed by atoms with Crippen LogP contribution in [0.4, 0.5) is 0 Å². The number of hydrogen-bond acceptors (Lipinski definition) is 3. The summed E-state index contributed by atoms with van der Waals surface area (Å²) in [7, 11) is 0. The first-order valence-electron chi connectivity index (χ1n) is 5.67. The minimum atomic E-state index is 0.402. The number of hydrogen-bond donors (Lipinski definition) is 1. The molecule has 0 radical (unpaired) electrons. The molecule has 1 heterocycles. The largest absolute Gasteiger partial charge is 0.386 e. The summed E-state index contributed by atoms with van der Waals surface area (Å²) >= 11 is 0. The van der Waals surface area contributed by atoms with Crippen LogP contribution >= 0.6 is 0 Å². The maximum Gasteiger partial charge on any atom is 0.123 e. The van der Waals surface area contributed by atoms with Gasteiger partial charge in [-0.25, -0.2) is 0 Å². The van der Waals surface area contributed by atoms with Gasteiger partial charge < -0.3 is 5.73 Å². The minimum Gasteiger partial charge on any atom is -0.386 e. The standard InChI is InChI=1S/C13H17N3/c1-3-10-8-12(14)15-16-13(10)11-6-4-5-9(2)7-11/h4-7,10H,3,8H2,1-2H3,(H2,14,15). The van der Waals surface area contributed by atoms with Gasteiger partial charge in [0.1, 0.15) is 5.84 Å². The molecule has 2 N–H and O–H groups in total. The molecule has 3 heteroatoms. The molecular weight excluding hydrogens is 198 g/mol. The zero-order valence-electron chi connectivity index (χ0n) is 9.77. The van der Waals surface area contributed by atoms with Crippen LogP contribution in [0.15, 0.2) is 34.5 Å². The average Bonchev–Trinajstić information content (AvgIpc) is 2.28. The van der Waals surface area contributed by atoms with E-state index in [0.717, 1.165) is 18.6 Å². The van der Waals surface area contributed by atoms with E-state index in [9.17, 15) is 0 Å². The van der Waals surface area contributed by atoms with E-state index >= 15 is 0 Å². The summed E-state index contributed by atoms with van der Waals surface area (Å²) in [5.41, 5.74) is 9.20. The SMILES string of the molecule is CCC1CC(N)=NN=C1c1cccc(C)c1. The van der Waals surface area contributed by atoms with Crippen LogP contribution in [-0.4, -0.2) is 11.5 Å². The molecule has 1 unspecified atom stereocenters. The molecule has 1 aromatic rings. The maximum absolute atomic E-state index is 5.71. The minimum absolute atomic E-state index is 0.402. The molecule has 0 bridgehead atoms. The van der Waals surface area contributed by atoms with E-state index < -0.39 is 0 Å². The Bertz CT molecular complexity index is 446. The van der Waals surface area contributed by atoms with E-state index in [0.29, 0.717) is 11.8 Å². The fourth-order valence-electron chi connectivity index (χ4n) is 2.03. The first-order chi connectivity index (χ1) is 7.70. The average molecular weight is 215 g/mol. The van der Waals surface area contributed by atoms with Crippen molar-refractivity contribution in [2.45, 2.75) is 26.7 Å². The summed E-state index contributed by atoms with van der Waals surface area (Å²) < 4.78 is 0. The van der Waals surface area contributed by atoms with Crippen LogP contribution in [0.25, 0.3) is 0 Å². The molecule has 1 atom stereocenters. The van der Waals surface area contributed by atoms with Crippen LogP contribution in [-0.2, 0) is 0 Å². The Hall–Kier alpha value is -1.64. The third kappa shape index (κ3) is 2.13. The lowest BCUT2D eigenvalue weighted by Gasteiger charge is -2.20. The molecule has 1 aromatic carbocycles. The number of amidine groups is 1. The maximum atomic E-state index is 5.71. The molecule has 0 spiro atoms. The highest BCUT2D eigenvalue weighted by molar-refractivity contribution is 6.05. The van der Waals surface area contributed by atoms with Crippen LogP contribution in [0.1, 0.15) is 30.9 Å². The summed E-state index contributed by atoms with van der Waals surface area (Å²) in [4.78, 5) is 0. The fourth-order valence-corrected chi connectivity index (χ4v) is 2.03. The van der Waals surface area contributed by atoms with Crippen molar-refractivity contribution in [1.82, 2.24) is 0 Å². The molecule has 2 rings (SSSR count). The van der Waals surface area contributed by atoms with Crippen molar-refractivity contribution >= 4 is 11.5 Å². The Morgan fingerprint density at radius 1 is 1.38 bits per heavy atom. The first kappa shape index (κ1) is 10.9. The van der Waals surface area contributed by atoms with Gasteiger partial charge in [0.05, 0.1) is 5.71 Å². The van der Waals surface area contributed by atoms with E-state index in [-0.39, 0.29) is 0 Å². The second-order valence-corrected chi connectivity index (χ2v) is 4.26. The number of benzene rings is 1. The normalized spacial score (nSPS) is 20.2. The van der Waals surface area contributed by atoms with Crippen molar-refractivity contribution in [3.8, 4) is 0 Å². The van der Waals surface area contributed by atoms with Gasteiger partial charge >= 0.3 is 0 Å². The molecule has 1 aliphatic rings. The summed E-state index contributed by atoms with van der Waals surface area (Å²) in [6.07, 6.45) is 1.87. The van der Waals surface area contributed by atoms with Crippen LogP contribution in [0.5, 0.6) is 0 Å². The summed E-state index contributed by atoms with van der Waals surface area (Å²) in [6.45, 7) is 4.25. The Balaban J connectivity index is 2.38. The second-order valence-electron chi connectivity index (χ2n) is 4.26. The number of aryl methyl sites for hydroxylation is 1. The topological polar surface area (TPSA) is 50.7 Å². The van der Waals surface area contributed by atoms with Crippen molar-refractivity contribution in [3.63, 3.8) is 0 Å². The highest BCUT2D eigenvalue weighted by atomic mass is 15.2. The molecule has 0 aliphatic carbocycles. The van der Waals surface area contributed by atoms with Crippen LogP contribution in [0.3, 0.4) is 0 Å². The zero-order chi connectivity index (χ0) is 11.5. The van der Waals surface area contributed by atoms with Crippen LogP contribution < -0.4 is 5.73 Å². The molecule has 16 heavy (non-hydrogen) atoms. The molecule has 84 valence electrons. The molecule has 0 saturated carbocycles. The Labute approximate surface area is 96.1 Å². The fraction of sp³-hybridized carbons (Fsp3) is 0.385. The number of nitrogens with zero attached hydrogens (tertiary/aromatic N) is 2. The molecule has 0 fully saturated rings. The monoisotopic (exact) mass is 215 g/mol. The van der Waals surface area contributed by atoms with Crippen LogP contribution in [0.2, 0.25) is 0 Å². The highest BCUT2D eigenvalue weighted by Crippen LogP contribution is 2.21. The van der Waals surface area contributed by atoms with Gasteiger partial charge in [0, 0.05) is 12.3 Å². The van der Waals surface area contributed by atoms with E-state index in [2.05, 4.69) is 48.3 Å². The van der Waals surface area contributed by atoms with Gasteiger partial charge in [-0.2, -0.15) is 5.10 Å². The predicted octanol–water partition coefficient (Wildman–Crippen LogP) is 2.49. The van der Waals surface area contributed by atoms with Gasteiger partial charge in [-0.1, -0.05) is 36.8 Å². The van der Waals surface area contributed by atoms with Gasteiger partial charge in [-0.15, -0.1) is 5.10 Å². The van der Waals surface area contributed by atoms with E-state index in [4.69, 9.17) is 5.73 Å². The smallest absolute Gasteiger partial charge is 0.123 e. The van der Waals surface area contributed by atoms with Crippen LogP contribution in [0, 0.1) is 12.8 Å². The van der Waals surface area contributed by atoms with Gasteiger partial charge in [0.25, 0.3) is 0 Å². The van der Waals surface area contributed by atoms with Crippen molar-refractivity contribution < 1.29 is 0 Å². The molecule has 0 aromatic heterocycles. The van der Waals surface area contributed by atoms with Gasteiger partial charge in [0.2, 0.25) is 0 Å².